The van der Waals surface area contributed by atoms with Gasteiger partial charge in [-0.25, -0.2) is 0 Å². The Morgan fingerprint density at radius 1 is 0.600 bits per heavy atom. The van der Waals surface area contributed by atoms with Gasteiger partial charge in [0.25, 0.3) is 10.1 Å². The smallest absolute Gasteiger partial charge is 0.306 e. The summed E-state index contributed by atoms with van der Waals surface area (Å²) in [6, 6.07) is 0. The lowest BCUT2D eigenvalue weighted by Gasteiger charge is -2.40. The maximum Gasteiger partial charge on any atom is 0.306 e. The van der Waals surface area contributed by atoms with Gasteiger partial charge < -0.3 is 34.3 Å². The average molecular weight is 739 g/mol. The van der Waals surface area contributed by atoms with E-state index in [0.717, 1.165) is 38.5 Å². The van der Waals surface area contributed by atoms with E-state index in [0.29, 0.717) is 12.8 Å². The first kappa shape index (κ1) is 46.7. The minimum absolute atomic E-state index is 0.171. The minimum Gasteiger partial charge on any atom is -0.462 e. The standard InChI is InChI=1S/C37H70O12S/c1-3-5-7-9-11-13-15-17-19-21-23-25-32(38)46-27-30(48-33(39)26-24-22-20-18-16-14-12-10-8-6-4-2)28-47-37-36(42)35(41)34(40)31(49-37)29-50(43,44)45/h30-31,34-37,40-42H,3-29H2,1-2H3,(H,43,44,45). The van der Waals surface area contributed by atoms with E-state index in [1.165, 1.54) is 89.9 Å². The highest BCUT2D eigenvalue weighted by atomic mass is 32.2. The Balaban J connectivity index is 2.52. The first-order chi connectivity index (χ1) is 24.0. The van der Waals surface area contributed by atoms with Crippen LogP contribution >= 0.6 is 0 Å². The molecule has 0 amide bonds. The third-order valence-corrected chi connectivity index (χ3v) is 9.94. The van der Waals surface area contributed by atoms with Crippen molar-refractivity contribution < 1.29 is 56.8 Å². The number of carbonyl (C=O) groups excluding carboxylic acids is 2. The van der Waals surface area contributed by atoms with Crippen LogP contribution in [0, 0.1) is 0 Å². The van der Waals surface area contributed by atoms with E-state index in [1.807, 2.05) is 0 Å². The normalized spacial score (nSPS) is 21.6. The number of ether oxygens (including phenoxy) is 4. The second-order valence-electron chi connectivity index (χ2n) is 14.0. The van der Waals surface area contributed by atoms with Crippen LogP contribution in [0.3, 0.4) is 0 Å². The van der Waals surface area contributed by atoms with E-state index in [4.69, 9.17) is 18.9 Å². The molecule has 1 aliphatic rings. The Bertz CT molecular complexity index is 962. The molecule has 6 unspecified atom stereocenters. The molecule has 50 heavy (non-hydrogen) atoms. The van der Waals surface area contributed by atoms with Crippen molar-refractivity contribution >= 4 is 22.1 Å². The Morgan fingerprint density at radius 2 is 1.02 bits per heavy atom. The van der Waals surface area contributed by atoms with Crippen LogP contribution in [0.2, 0.25) is 0 Å². The van der Waals surface area contributed by atoms with Crippen molar-refractivity contribution in [2.75, 3.05) is 19.0 Å². The first-order valence-electron chi connectivity index (χ1n) is 19.6. The molecule has 296 valence electrons. The van der Waals surface area contributed by atoms with Crippen molar-refractivity contribution in [2.24, 2.45) is 0 Å². The van der Waals surface area contributed by atoms with Gasteiger partial charge in [0.15, 0.2) is 12.4 Å². The van der Waals surface area contributed by atoms with Crippen molar-refractivity contribution in [2.45, 2.75) is 205 Å². The maximum atomic E-state index is 12.7. The van der Waals surface area contributed by atoms with Gasteiger partial charge in [0.1, 0.15) is 36.8 Å². The largest absolute Gasteiger partial charge is 0.462 e. The van der Waals surface area contributed by atoms with Gasteiger partial charge in [-0.15, -0.1) is 0 Å². The SMILES string of the molecule is CCCCCCCCCCCCCC(=O)OCC(COC1OC(CS(=O)(=O)O)C(O)C(O)C1O)OC(=O)CCCCCCCCCCCCC. The number of esters is 2. The molecule has 1 rings (SSSR count). The molecule has 0 aromatic carbocycles. The van der Waals surface area contributed by atoms with Crippen LogP contribution in [0.25, 0.3) is 0 Å². The second-order valence-corrected chi connectivity index (χ2v) is 15.5. The summed E-state index contributed by atoms with van der Waals surface area (Å²) in [7, 11) is -4.59. The topological polar surface area (TPSA) is 186 Å². The molecule has 0 spiro atoms. The molecular formula is C37H70O12S. The summed E-state index contributed by atoms with van der Waals surface area (Å²) in [4.78, 5) is 25.2. The zero-order valence-electron chi connectivity index (χ0n) is 31.0. The molecule has 0 saturated carbocycles. The van der Waals surface area contributed by atoms with Crippen molar-refractivity contribution in [1.82, 2.24) is 0 Å². The number of rotatable bonds is 32. The quantitative estimate of drug-likeness (QED) is 0.0332. The summed E-state index contributed by atoms with van der Waals surface area (Å²) in [5.74, 6) is -1.97. The zero-order chi connectivity index (χ0) is 37.0. The summed E-state index contributed by atoms with van der Waals surface area (Å²) in [6.45, 7) is 3.72. The lowest BCUT2D eigenvalue weighted by atomic mass is 10.00. The number of hydrogen-bond donors (Lipinski definition) is 4. The van der Waals surface area contributed by atoms with E-state index in [2.05, 4.69) is 13.8 Å². The highest BCUT2D eigenvalue weighted by Gasteiger charge is 2.46. The summed E-state index contributed by atoms with van der Waals surface area (Å²) in [6.07, 6.45) is 15.9. The number of carbonyl (C=O) groups is 2. The molecule has 6 atom stereocenters. The van der Waals surface area contributed by atoms with E-state index < -0.39 is 71.2 Å². The fourth-order valence-corrected chi connectivity index (χ4v) is 6.78. The predicted octanol–water partition coefficient (Wildman–Crippen LogP) is 6.56. The third-order valence-electron chi connectivity index (χ3n) is 9.19. The zero-order valence-corrected chi connectivity index (χ0v) is 31.8. The van der Waals surface area contributed by atoms with Gasteiger partial charge in [-0.2, -0.15) is 8.42 Å². The second kappa shape index (κ2) is 29.1. The molecule has 0 aromatic heterocycles. The molecule has 1 aliphatic heterocycles. The number of aliphatic hydroxyl groups excluding tert-OH is 3. The van der Waals surface area contributed by atoms with Crippen molar-refractivity contribution in [3.05, 3.63) is 0 Å². The summed E-state index contributed by atoms with van der Waals surface area (Å²) in [5, 5.41) is 30.7. The fourth-order valence-electron chi connectivity index (χ4n) is 6.09. The van der Waals surface area contributed by atoms with Gasteiger partial charge in [-0.1, -0.05) is 142 Å². The van der Waals surface area contributed by atoms with Crippen LogP contribution < -0.4 is 0 Å². The average Bonchev–Trinajstić information content (AvgIpc) is 3.07. The minimum atomic E-state index is -4.59. The van der Waals surface area contributed by atoms with Crippen LogP contribution in [0.15, 0.2) is 0 Å². The maximum absolute atomic E-state index is 12.7. The Kier molecular flexibility index (Phi) is 27.2. The van der Waals surface area contributed by atoms with Crippen molar-refractivity contribution in [3.8, 4) is 0 Å². The van der Waals surface area contributed by atoms with Crippen LogP contribution in [-0.2, 0) is 38.7 Å². The van der Waals surface area contributed by atoms with Gasteiger partial charge in [0.2, 0.25) is 0 Å². The van der Waals surface area contributed by atoms with Gasteiger partial charge in [0.05, 0.1) is 6.61 Å². The highest BCUT2D eigenvalue weighted by molar-refractivity contribution is 7.85. The molecular weight excluding hydrogens is 668 g/mol. The first-order valence-corrected chi connectivity index (χ1v) is 21.2. The molecule has 13 heteroatoms. The van der Waals surface area contributed by atoms with Gasteiger partial charge >= 0.3 is 11.9 Å². The molecule has 0 aromatic rings. The van der Waals surface area contributed by atoms with Gasteiger partial charge in [-0.3, -0.25) is 14.1 Å². The molecule has 0 radical (unpaired) electrons. The molecule has 0 aliphatic carbocycles. The van der Waals surface area contributed by atoms with Gasteiger partial charge in [-0.05, 0) is 12.8 Å². The Morgan fingerprint density at radius 3 is 1.46 bits per heavy atom. The van der Waals surface area contributed by atoms with E-state index in [9.17, 15) is 37.9 Å². The third kappa shape index (κ3) is 24.0. The molecule has 4 N–H and O–H groups in total. The van der Waals surface area contributed by atoms with Crippen molar-refractivity contribution in [3.63, 3.8) is 0 Å². The Hall–Kier alpha value is -1.35. The van der Waals surface area contributed by atoms with E-state index >= 15 is 0 Å². The number of aliphatic hydroxyl groups is 3. The van der Waals surface area contributed by atoms with Crippen LogP contribution in [0.1, 0.15) is 168 Å². The summed E-state index contributed by atoms with van der Waals surface area (Å²) < 4.78 is 53.8. The van der Waals surface area contributed by atoms with Crippen LogP contribution in [0.5, 0.6) is 0 Å². The van der Waals surface area contributed by atoms with E-state index in [-0.39, 0.29) is 19.4 Å². The monoisotopic (exact) mass is 738 g/mol. The number of hydrogen-bond acceptors (Lipinski definition) is 11. The summed E-state index contributed by atoms with van der Waals surface area (Å²) >= 11 is 0. The highest BCUT2D eigenvalue weighted by Crippen LogP contribution is 2.24. The molecule has 12 nitrogen and oxygen atoms in total. The lowest BCUT2D eigenvalue weighted by molar-refractivity contribution is -0.297. The number of unbranched alkanes of at least 4 members (excludes halogenated alkanes) is 20. The van der Waals surface area contributed by atoms with Crippen LogP contribution in [0.4, 0.5) is 0 Å². The van der Waals surface area contributed by atoms with Crippen molar-refractivity contribution in [1.29, 1.82) is 0 Å². The molecule has 1 fully saturated rings. The lowest BCUT2D eigenvalue weighted by Crippen LogP contribution is -2.60. The van der Waals surface area contributed by atoms with Crippen LogP contribution in [-0.4, -0.2) is 96.0 Å². The van der Waals surface area contributed by atoms with Gasteiger partial charge in [0, 0.05) is 12.8 Å². The molecule has 1 heterocycles. The Labute approximate surface area is 302 Å². The van der Waals surface area contributed by atoms with E-state index in [1.54, 1.807) is 0 Å². The summed E-state index contributed by atoms with van der Waals surface area (Å²) in [5.41, 5.74) is 0. The molecule has 1 saturated heterocycles. The predicted molar refractivity (Wildman–Crippen MR) is 192 cm³/mol. The fraction of sp³-hybridized carbons (Fsp3) is 0.946. The molecule has 0 bridgehead atoms.